The third-order valence-electron chi connectivity index (χ3n) is 3.15. The predicted octanol–water partition coefficient (Wildman–Crippen LogP) is 2.44. The molecule has 4 N–H and O–H groups in total. The summed E-state index contributed by atoms with van der Waals surface area (Å²) in [6.07, 6.45) is 0.818. The fourth-order valence-corrected chi connectivity index (χ4v) is 2.25. The van der Waals surface area contributed by atoms with Crippen LogP contribution < -0.4 is 5.73 Å². The van der Waals surface area contributed by atoms with Gasteiger partial charge in [-0.1, -0.05) is 24.3 Å². The van der Waals surface area contributed by atoms with Gasteiger partial charge in [-0.05, 0) is 30.7 Å². The first kappa shape index (κ1) is 11.7. The minimum absolute atomic E-state index is 0.234. The van der Waals surface area contributed by atoms with Gasteiger partial charge in [-0.3, -0.25) is 0 Å². The maximum absolute atomic E-state index is 9.48. The van der Waals surface area contributed by atoms with Gasteiger partial charge in [-0.15, -0.1) is 0 Å². The maximum atomic E-state index is 9.48. The van der Waals surface area contributed by atoms with Crippen LogP contribution in [0.25, 0.3) is 22.4 Å². The average molecular weight is 253 g/mol. The molecule has 19 heavy (non-hydrogen) atoms. The highest BCUT2D eigenvalue weighted by molar-refractivity contribution is 5.81. The van der Waals surface area contributed by atoms with Crippen LogP contribution in [0.1, 0.15) is 5.56 Å². The lowest BCUT2D eigenvalue weighted by Crippen LogP contribution is -2.04. The van der Waals surface area contributed by atoms with E-state index in [9.17, 15) is 5.11 Å². The van der Waals surface area contributed by atoms with Crippen LogP contribution in [0.2, 0.25) is 0 Å². The number of aromatic hydroxyl groups is 1. The third-order valence-corrected chi connectivity index (χ3v) is 3.15. The van der Waals surface area contributed by atoms with E-state index in [4.69, 9.17) is 5.73 Å². The van der Waals surface area contributed by atoms with Crippen molar-refractivity contribution in [2.45, 2.75) is 6.42 Å². The van der Waals surface area contributed by atoms with Gasteiger partial charge in [0.2, 0.25) is 0 Å². The van der Waals surface area contributed by atoms with E-state index >= 15 is 0 Å². The van der Waals surface area contributed by atoms with Gasteiger partial charge >= 0.3 is 0 Å². The number of nitrogens with zero attached hydrogens (tertiary/aromatic N) is 1. The Balaban J connectivity index is 2.13. The van der Waals surface area contributed by atoms with Crippen molar-refractivity contribution in [2.24, 2.45) is 5.73 Å². The van der Waals surface area contributed by atoms with Crippen LogP contribution in [0.5, 0.6) is 5.75 Å². The van der Waals surface area contributed by atoms with Crippen LogP contribution in [0.15, 0.2) is 42.5 Å². The van der Waals surface area contributed by atoms with Gasteiger partial charge in [0, 0.05) is 11.6 Å². The average Bonchev–Trinajstić information content (AvgIpc) is 2.82. The van der Waals surface area contributed by atoms with Crippen molar-refractivity contribution in [3.63, 3.8) is 0 Å². The number of aromatic nitrogens is 2. The molecule has 0 fully saturated rings. The fourth-order valence-electron chi connectivity index (χ4n) is 2.25. The molecule has 0 atom stereocenters. The van der Waals surface area contributed by atoms with E-state index in [-0.39, 0.29) is 5.75 Å². The second kappa shape index (κ2) is 4.74. The summed E-state index contributed by atoms with van der Waals surface area (Å²) in [6, 6.07) is 13.2. The molecule has 0 aliphatic carbocycles. The summed E-state index contributed by atoms with van der Waals surface area (Å²) in [5, 5.41) is 9.48. The molecule has 3 aromatic rings. The van der Waals surface area contributed by atoms with Crippen LogP contribution in [0.4, 0.5) is 0 Å². The summed E-state index contributed by atoms with van der Waals surface area (Å²) in [7, 11) is 0. The Bertz CT molecular complexity index is 718. The van der Waals surface area contributed by atoms with Gasteiger partial charge < -0.3 is 15.8 Å². The Kier molecular flexibility index (Phi) is 2.93. The molecule has 0 amide bonds. The van der Waals surface area contributed by atoms with E-state index < -0.39 is 0 Å². The number of rotatable bonds is 3. The summed E-state index contributed by atoms with van der Waals surface area (Å²) < 4.78 is 0. The number of H-pyrrole nitrogens is 1. The minimum Gasteiger partial charge on any atom is -0.508 e. The Morgan fingerprint density at radius 2 is 2.00 bits per heavy atom. The van der Waals surface area contributed by atoms with Crippen LogP contribution in [-0.2, 0) is 6.42 Å². The SMILES string of the molecule is NCCc1ccccc1-c1nc2ccc(O)cc2[nH]1. The Morgan fingerprint density at radius 3 is 2.84 bits per heavy atom. The molecule has 4 nitrogen and oxygen atoms in total. The summed E-state index contributed by atoms with van der Waals surface area (Å²) >= 11 is 0. The van der Waals surface area contributed by atoms with E-state index in [1.165, 1.54) is 5.56 Å². The quantitative estimate of drug-likeness (QED) is 0.671. The number of imidazole rings is 1. The molecule has 0 saturated heterocycles. The molecular weight excluding hydrogens is 238 g/mol. The molecule has 0 aliphatic rings. The van der Waals surface area contributed by atoms with Crippen molar-refractivity contribution < 1.29 is 5.11 Å². The van der Waals surface area contributed by atoms with Gasteiger partial charge in [-0.2, -0.15) is 0 Å². The lowest BCUT2D eigenvalue weighted by Gasteiger charge is -2.05. The highest BCUT2D eigenvalue weighted by Crippen LogP contribution is 2.25. The van der Waals surface area contributed by atoms with Crippen molar-refractivity contribution in [2.75, 3.05) is 6.54 Å². The van der Waals surface area contributed by atoms with Crippen LogP contribution >= 0.6 is 0 Å². The molecule has 0 aliphatic heterocycles. The van der Waals surface area contributed by atoms with Crippen molar-refractivity contribution in [3.8, 4) is 17.1 Å². The van der Waals surface area contributed by atoms with E-state index in [2.05, 4.69) is 16.0 Å². The zero-order chi connectivity index (χ0) is 13.2. The summed E-state index contributed by atoms with van der Waals surface area (Å²) in [4.78, 5) is 7.80. The Morgan fingerprint density at radius 1 is 1.16 bits per heavy atom. The van der Waals surface area contributed by atoms with Crippen LogP contribution in [0, 0.1) is 0 Å². The van der Waals surface area contributed by atoms with Gasteiger partial charge in [0.15, 0.2) is 0 Å². The van der Waals surface area contributed by atoms with E-state index in [1.807, 2.05) is 18.2 Å². The van der Waals surface area contributed by atoms with Crippen molar-refractivity contribution in [1.29, 1.82) is 0 Å². The normalized spacial score (nSPS) is 11.0. The number of hydrogen-bond acceptors (Lipinski definition) is 3. The summed E-state index contributed by atoms with van der Waals surface area (Å²) in [5.74, 6) is 1.04. The topological polar surface area (TPSA) is 74.9 Å². The van der Waals surface area contributed by atoms with Crippen LogP contribution in [-0.4, -0.2) is 21.6 Å². The van der Waals surface area contributed by atoms with Crippen molar-refractivity contribution >= 4 is 11.0 Å². The van der Waals surface area contributed by atoms with Crippen molar-refractivity contribution in [3.05, 3.63) is 48.0 Å². The first-order valence-corrected chi connectivity index (χ1v) is 6.25. The van der Waals surface area contributed by atoms with Crippen molar-refractivity contribution in [1.82, 2.24) is 9.97 Å². The Hall–Kier alpha value is -2.33. The molecule has 1 heterocycles. The monoisotopic (exact) mass is 253 g/mol. The molecule has 1 aromatic heterocycles. The summed E-state index contributed by atoms with van der Waals surface area (Å²) in [6.45, 7) is 0.609. The number of phenols is 1. The largest absolute Gasteiger partial charge is 0.508 e. The van der Waals surface area contributed by atoms with Gasteiger partial charge in [0.05, 0.1) is 11.0 Å². The zero-order valence-electron chi connectivity index (χ0n) is 10.4. The Labute approximate surface area is 110 Å². The van der Waals surface area contributed by atoms with E-state index in [0.29, 0.717) is 6.54 Å². The molecule has 0 bridgehead atoms. The minimum atomic E-state index is 0.234. The number of hydrogen-bond donors (Lipinski definition) is 3. The first-order valence-electron chi connectivity index (χ1n) is 6.25. The molecule has 0 spiro atoms. The third kappa shape index (κ3) is 2.18. The number of nitrogens with one attached hydrogen (secondary N) is 1. The fraction of sp³-hybridized carbons (Fsp3) is 0.133. The molecule has 96 valence electrons. The molecule has 4 heteroatoms. The molecule has 3 rings (SSSR count). The van der Waals surface area contributed by atoms with E-state index in [1.54, 1.807) is 18.2 Å². The van der Waals surface area contributed by atoms with Gasteiger partial charge in [0.25, 0.3) is 0 Å². The standard InChI is InChI=1S/C15H15N3O/c16-8-7-10-3-1-2-4-12(10)15-17-13-6-5-11(19)9-14(13)18-15/h1-6,9,19H,7-8,16H2,(H,17,18). The van der Waals surface area contributed by atoms with Gasteiger partial charge in [0.1, 0.15) is 11.6 Å². The maximum Gasteiger partial charge on any atom is 0.138 e. The summed E-state index contributed by atoms with van der Waals surface area (Å²) in [5.41, 5.74) is 9.55. The highest BCUT2D eigenvalue weighted by Gasteiger charge is 2.09. The number of nitrogens with two attached hydrogens (primary N) is 1. The first-order chi connectivity index (χ1) is 9.28. The molecule has 0 radical (unpaired) electrons. The van der Waals surface area contributed by atoms with E-state index in [0.717, 1.165) is 28.8 Å². The second-order valence-electron chi connectivity index (χ2n) is 4.48. The lowest BCUT2D eigenvalue weighted by atomic mass is 10.0. The number of benzene rings is 2. The zero-order valence-corrected chi connectivity index (χ0v) is 10.4. The number of aromatic amines is 1. The van der Waals surface area contributed by atoms with Crippen LogP contribution in [0.3, 0.4) is 0 Å². The van der Waals surface area contributed by atoms with Gasteiger partial charge in [-0.25, -0.2) is 4.98 Å². The smallest absolute Gasteiger partial charge is 0.138 e. The lowest BCUT2D eigenvalue weighted by molar-refractivity contribution is 0.476. The molecule has 0 unspecified atom stereocenters. The number of phenolic OH excluding ortho intramolecular Hbond substituents is 1. The predicted molar refractivity (Wildman–Crippen MR) is 76.0 cm³/mol. The molecular formula is C15H15N3O. The molecule has 0 saturated carbocycles. The second-order valence-corrected chi connectivity index (χ2v) is 4.48. The highest BCUT2D eigenvalue weighted by atomic mass is 16.3. The number of fused-ring (bicyclic) bond motifs is 1. The molecule has 2 aromatic carbocycles.